The first-order valence-corrected chi connectivity index (χ1v) is 8.93. The minimum absolute atomic E-state index is 0.293. The summed E-state index contributed by atoms with van der Waals surface area (Å²) in [6.45, 7) is 1.00. The molecule has 0 saturated heterocycles. The summed E-state index contributed by atoms with van der Waals surface area (Å²) < 4.78 is 10.1. The summed E-state index contributed by atoms with van der Waals surface area (Å²) in [5.74, 6) is -1.31. The number of ether oxygens (including phenoxy) is 2. The average Bonchev–Trinajstić information content (AvgIpc) is 2.68. The van der Waals surface area contributed by atoms with E-state index < -0.39 is 30.4 Å². The van der Waals surface area contributed by atoms with Crippen LogP contribution in [0.1, 0.15) is 17.3 Å². The number of anilines is 1. The number of halogens is 2. The molecule has 0 fully saturated rings. The first-order chi connectivity index (χ1) is 13.3. The number of nitrogens with one attached hydrogen (secondary N) is 2. The van der Waals surface area contributed by atoms with Crippen LogP contribution in [0.5, 0.6) is 5.75 Å². The van der Waals surface area contributed by atoms with E-state index in [1.165, 1.54) is 32.2 Å². The third-order valence-corrected chi connectivity index (χ3v) is 4.15. The monoisotopic (exact) mass is 424 g/mol. The van der Waals surface area contributed by atoms with Crippen LogP contribution < -0.4 is 15.4 Å². The number of benzene rings is 2. The Kier molecular flexibility index (Phi) is 7.66. The van der Waals surface area contributed by atoms with Gasteiger partial charge in [-0.3, -0.25) is 14.4 Å². The highest BCUT2D eigenvalue weighted by molar-refractivity contribution is 6.35. The molecule has 0 saturated carbocycles. The Labute approximate surface area is 171 Å². The zero-order chi connectivity index (χ0) is 20.7. The van der Waals surface area contributed by atoms with Gasteiger partial charge in [-0.1, -0.05) is 29.3 Å². The summed E-state index contributed by atoms with van der Waals surface area (Å²) in [4.78, 5) is 36.1. The summed E-state index contributed by atoms with van der Waals surface area (Å²) in [6.07, 6.45) is -1.10. The Balaban J connectivity index is 1.85. The first-order valence-electron chi connectivity index (χ1n) is 8.18. The molecule has 2 N–H and O–H groups in total. The van der Waals surface area contributed by atoms with E-state index in [4.69, 9.17) is 32.7 Å². The summed E-state index contributed by atoms with van der Waals surface area (Å²) in [6, 6.07) is 11.0. The number of esters is 1. The van der Waals surface area contributed by atoms with Crippen LogP contribution in [0.3, 0.4) is 0 Å². The van der Waals surface area contributed by atoms with Gasteiger partial charge in [-0.2, -0.15) is 0 Å². The minimum Gasteiger partial charge on any atom is -0.497 e. The Bertz CT molecular complexity index is 888. The molecule has 1 atom stereocenters. The van der Waals surface area contributed by atoms with E-state index in [0.29, 0.717) is 27.0 Å². The van der Waals surface area contributed by atoms with Crippen LogP contribution in [0.15, 0.2) is 42.5 Å². The van der Waals surface area contributed by atoms with Crippen molar-refractivity contribution in [2.24, 2.45) is 0 Å². The molecule has 2 aromatic rings. The number of rotatable bonds is 7. The van der Waals surface area contributed by atoms with Crippen molar-refractivity contribution in [2.75, 3.05) is 19.0 Å². The third-order valence-electron chi connectivity index (χ3n) is 3.59. The lowest BCUT2D eigenvalue weighted by molar-refractivity contribution is -0.152. The van der Waals surface area contributed by atoms with E-state index in [9.17, 15) is 14.4 Å². The van der Waals surface area contributed by atoms with E-state index in [2.05, 4.69) is 10.6 Å². The Morgan fingerprint density at radius 3 is 2.57 bits per heavy atom. The Morgan fingerprint density at radius 2 is 1.86 bits per heavy atom. The van der Waals surface area contributed by atoms with Crippen LogP contribution in [-0.4, -0.2) is 37.5 Å². The fourth-order valence-electron chi connectivity index (χ4n) is 2.14. The number of carbonyl (C=O) groups excluding carboxylic acids is 3. The van der Waals surface area contributed by atoms with Crippen molar-refractivity contribution in [3.63, 3.8) is 0 Å². The number of methoxy groups -OCH3 is 1. The summed E-state index contributed by atoms with van der Waals surface area (Å²) >= 11 is 11.8. The molecule has 0 aromatic heterocycles. The largest absolute Gasteiger partial charge is 0.497 e. The van der Waals surface area contributed by atoms with Gasteiger partial charge in [0.2, 0.25) is 0 Å². The van der Waals surface area contributed by atoms with E-state index in [0.717, 1.165) is 0 Å². The van der Waals surface area contributed by atoms with Crippen LogP contribution in [0.4, 0.5) is 5.69 Å². The maximum atomic E-state index is 12.2. The van der Waals surface area contributed by atoms with E-state index in [1.807, 2.05) is 0 Å². The number of hydrogen-bond acceptors (Lipinski definition) is 5. The highest BCUT2D eigenvalue weighted by Crippen LogP contribution is 2.25. The Morgan fingerprint density at radius 1 is 1.11 bits per heavy atom. The van der Waals surface area contributed by atoms with Crippen molar-refractivity contribution in [1.29, 1.82) is 0 Å². The van der Waals surface area contributed by atoms with Crippen LogP contribution in [0.2, 0.25) is 10.0 Å². The standard InChI is InChI=1S/C19H18Cl2N2O5/c1-11(18(25)23-16-9-13(20)6-7-15(16)21)28-17(24)10-22-19(26)12-4-3-5-14(8-12)27-2/h3-9,11H,10H2,1-2H3,(H,22,26)(H,23,25). The number of amides is 2. The molecule has 148 valence electrons. The fraction of sp³-hybridized carbons (Fsp3) is 0.211. The van der Waals surface area contributed by atoms with Gasteiger partial charge in [0.05, 0.1) is 17.8 Å². The number of hydrogen-bond donors (Lipinski definition) is 2. The predicted molar refractivity (Wildman–Crippen MR) is 106 cm³/mol. The van der Waals surface area contributed by atoms with Gasteiger partial charge in [-0.15, -0.1) is 0 Å². The van der Waals surface area contributed by atoms with Gasteiger partial charge in [-0.25, -0.2) is 0 Å². The number of carbonyl (C=O) groups is 3. The van der Waals surface area contributed by atoms with Crippen molar-refractivity contribution in [3.8, 4) is 5.75 Å². The zero-order valence-corrected chi connectivity index (χ0v) is 16.6. The van der Waals surface area contributed by atoms with Crippen LogP contribution >= 0.6 is 23.2 Å². The second-order valence-corrected chi connectivity index (χ2v) is 6.50. The zero-order valence-electron chi connectivity index (χ0n) is 15.1. The molecule has 28 heavy (non-hydrogen) atoms. The van der Waals surface area contributed by atoms with Gasteiger partial charge in [0.1, 0.15) is 12.3 Å². The molecule has 0 spiro atoms. The molecule has 0 aliphatic rings. The van der Waals surface area contributed by atoms with Crippen molar-refractivity contribution in [2.45, 2.75) is 13.0 Å². The summed E-state index contributed by atoms with van der Waals surface area (Å²) in [5, 5.41) is 5.63. The van der Waals surface area contributed by atoms with Gasteiger partial charge >= 0.3 is 5.97 Å². The third kappa shape index (κ3) is 6.14. The highest BCUT2D eigenvalue weighted by atomic mass is 35.5. The maximum Gasteiger partial charge on any atom is 0.326 e. The highest BCUT2D eigenvalue weighted by Gasteiger charge is 2.19. The first kappa shape index (κ1) is 21.5. The van der Waals surface area contributed by atoms with Gasteiger partial charge in [0.25, 0.3) is 11.8 Å². The molecule has 2 rings (SSSR count). The molecule has 7 nitrogen and oxygen atoms in total. The second kappa shape index (κ2) is 9.96. The molecule has 0 bridgehead atoms. The molecule has 0 aliphatic carbocycles. The smallest absolute Gasteiger partial charge is 0.326 e. The van der Waals surface area contributed by atoms with Gasteiger partial charge in [0, 0.05) is 10.6 Å². The molecular formula is C19H18Cl2N2O5. The molecule has 0 heterocycles. The van der Waals surface area contributed by atoms with Crippen LogP contribution in [0.25, 0.3) is 0 Å². The summed E-state index contributed by atoms with van der Waals surface area (Å²) in [5.41, 5.74) is 0.627. The predicted octanol–water partition coefficient (Wildman–Crippen LogP) is 3.30. The van der Waals surface area contributed by atoms with Crippen LogP contribution in [0, 0.1) is 0 Å². The second-order valence-electron chi connectivity index (χ2n) is 5.66. The van der Waals surface area contributed by atoms with E-state index in [-0.39, 0.29) is 0 Å². The average molecular weight is 425 g/mol. The summed E-state index contributed by atoms with van der Waals surface area (Å²) in [7, 11) is 1.48. The molecule has 9 heteroatoms. The SMILES string of the molecule is COc1cccc(C(=O)NCC(=O)OC(C)C(=O)Nc2cc(Cl)ccc2Cl)c1. The van der Waals surface area contributed by atoms with E-state index >= 15 is 0 Å². The fourth-order valence-corrected chi connectivity index (χ4v) is 2.48. The molecule has 0 aliphatic heterocycles. The molecule has 1 unspecified atom stereocenters. The quantitative estimate of drug-likeness (QED) is 0.664. The van der Waals surface area contributed by atoms with E-state index in [1.54, 1.807) is 24.3 Å². The lowest BCUT2D eigenvalue weighted by Crippen LogP contribution is -2.35. The molecule has 0 radical (unpaired) electrons. The maximum absolute atomic E-state index is 12.2. The topological polar surface area (TPSA) is 93.7 Å². The lowest BCUT2D eigenvalue weighted by Gasteiger charge is -2.14. The Hall–Kier alpha value is -2.77. The lowest BCUT2D eigenvalue weighted by atomic mass is 10.2. The molecular weight excluding hydrogens is 407 g/mol. The van der Waals surface area contributed by atoms with Crippen molar-refractivity contribution >= 4 is 46.7 Å². The van der Waals surface area contributed by atoms with Gasteiger partial charge in [0.15, 0.2) is 6.10 Å². The van der Waals surface area contributed by atoms with Gasteiger partial charge in [-0.05, 0) is 43.3 Å². The van der Waals surface area contributed by atoms with Crippen LogP contribution in [-0.2, 0) is 14.3 Å². The molecule has 2 aromatic carbocycles. The van der Waals surface area contributed by atoms with Crippen molar-refractivity contribution in [1.82, 2.24) is 5.32 Å². The normalized spacial score (nSPS) is 11.3. The van der Waals surface area contributed by atoms with Crippen molar-refractivity contribution in [3.05, 3.63) is 58.1 Å². The van der Waals surface area contributed by atoms with Crippen molar-refractivity contribution < 1.29 is 23.9 Å². The molecule has 2 amide bonds. The minimum atomic E-state index is -1.10. The van der Waals surface area contributed by atoms with Gasteiger partial charge < -0.3 is 20.1 Å².